The number of carbonyl (C=O) groups excluding carboxylic acids is 5. The number of hydrogen-bond donors (Lipinski definition) is 2. The van der Waals surface area contributed by atoms with Crippen molar-refractivity contribution < 1.29 is 38.2 Å². The molecule has 1 aliphatic heterocycles. The predicted molar refractivity (Wildman–Crippen MR) is 223 cm³/mol. The standard InChI is InChI=1S/C44H75N5O8/c1-16-29(6)38(47(11)42(53)36(27(2)3)46-41(52)37(28(4)5)48(12)44(8,9)10)34(55-13)26-35(50)49-24-20-23-33(49)39(56-14)30(7)40(51)45-32(43(54)57-15)25-31-21-18-17-19-22-31/h17-19,21-22,27-30,32-34,36-39H,16,20,23-26H2,1-15H3,(H,45,51)(H,46,52)/t29?,30-,32+,33+,34-,36+,37+,38+,39-/m1/s1. The van der Waals surface area contributed by atoms with Gasteiger partial charge in [-0.05, 0) is 64.0 Å². The molecule has 4 amide bonds. The fourth-order valence-corrected chi connectivity index (χ4v) is 8.11. The third-order valence-corrected chi connectivity index (χ3v) is 11.9. The molecule has 13 nitrogen and oxygen atoms in total. The molecule has 57 heavy (non-hydrogen) atoms. The lowest BCUT2D eigenvalue weighted by Gasteiger charge is -2.42. The minimum absolute atomic E-state index is 0.00261. The van der Waals surface area contributed by atoms with Crippen LogP contribution < -0.4 is 10.6 Å². The highest BCUT2D eigenvalue weighted by Crippen LogP contribution is 2.30. The first-order valence-electron chi connectivity index (χ1n) is 20.7. The zero-order valence-corrected chi connectivity index (χ0v) is 37.6. The van der Waals surface area contributed by atoms with Gasteiger partial charge in [0.2, 0.25) is 23.6 Å². The average Bonchev–Trinajstić information content (AvgIpc) is 3.65. The highest BCUT2D eigenvalue weighted by Gasteiger charge is 2.44. The van der Waals surface area contributed by atoms with Crippen molar-refractivity contribution in [3.8, 4) is 0 Å². The van der Waals surface area contributed by atoms with E-state index in [1.165, 1.54) is 14.2 Å². The van der Waals surface area contributed by atoms with Crippen LogP contribution in [0.15, 0.2) is 30.3 Å². The minimum atomic E-state index is -0.893. The van der Waals surface area contributed by atoms with Crippen molar-refractivity contribution in [2.75, 3.05) is 42.0 Å². The molecule has 1 aromatic rings. The van der Waals surface area contributed by atoms with Gasteiger partial charge in [0, 0.05) is 39.8 Å². The molecule has 2 N–H and O–H groups in total. The van der Waals surface area contributed by atoms with Crippen LogP contribution in [-0.2, 0) is 44.6 Å². The van der Waals surface area contributed by atoms with E-state index in [-0.39, 0.29) is 59.8 Å². The van der Waals surface area contributed by atoms with Crippen molar-refractivity contribution >= 4 is 29.6 Å². The van der Waals surface area contributed by atoms with Crippen molar-refractivity contribution in [1.82, 2.24) is 25.3 Å². The third kappa shape index (κ3) is 13.2. The van der Waals surface area contributed by atoms with Crippen LogP contribution in [0.5, 0.6) is 0 Å². The van der Waals surface area contributed by atoms with Gasteiger partial charge in [0.15, 0.2) is 0 Å². The third-order valence-electron chi connectivity index (χ3n) is 11.9. The molecule has 1 aromatic carbocycles. The van der Waals surface area contributed by atoms with E-state index in [9.17, 15) is 24.0 Å². The molecule has 0 radical (unpaired) electrons. The second kappa shape index (κ2) is 22.6. The number of ether oxygens (including phenoxy) is 3. The van der Waals surface area contributed by atoms with E-state index in [4.69, 9.17) is 14.2 Å². The number of hydrogen-bond acceptors (Lipinski definition) is 9. The summed E-state index contributed by atoms with van der Waals surface area (Å²) >= 11 is 0. The van der Waals surface area contributed by atoms with E-state index in [2.05, 4.69) is 31.4 Å². The Morgan fingerprint density at radius 2 is 1.49 bits per heavy atom. The SMILES string of the molecule is CCC(C)[C@@H]([C@@H](CC(=O)N1CCC[C@H]1[C@H](OC)[C@@H](C)C(=O)N[C@@H](Cc1ccccc1)C(=O)OC)OC)N(C)C(=O)[C@@H](NC(=O)[C@H](C(C)C)N(C)C(C)(C)C)C(C)C. The summed E-state index contributed by atoms with van der Waals surface area (Å²) < 4.78 is 17.0. The predicted octanol–water partition coefficient (Wildman–Crippen LogP) is 4.70. The first kappa shape index (κ1) is 49.6. The second-order valence-electron chi connectivity index (χ2n) is 17.6. The van der Waals surface area contributed by atoms with Crippen LogP contribution in [0.3, 0.4) is 0 Å². The maximum absolute atomic E-state index is 14.4. The number of amides is 4. The fraction of sp³-hybridized carbons (Fsp3) is 0.750. The van der Waals surface area contributed by atoms with Gasteiger partial charge in [-0.1, -0.05) is 85.2 Å². The van der Waals surface area contributed by atoms with Gasteiger partial charge in [-0.15, -0.1) is 0 Å². The van der Waals surface area contributed by atoms with Crippen LogP contribution in [0.25, 0.3) is 0 Å². The van der Waals surface area contributed by atoms with Crippen LogP contribution in [0.4, 0.5) is 0 Å². The zero-order chi connectivity index (χ0) is 43.4. The largest absolute Gasteiger partial charge is 0.467 e. The normalized spacial score (nSPS) is 19.0. The Bertz CT molecular complexity index is 1450. The molecular formula is C44H75N5O8. The van der Waals surface area contributed by atoms with Crippen molar-refractivity contribution in [2.24, 2.45) is 23.7 Å². The van der Waals surface area contributed by atoms with Gasteiger partial charge < -0.3 is 34.6 Å². The van der Waals surface area contributed by atoms with Crippen LogP contribution in [-0.4, -0.2) is 134 Å². The summed E-state index contributed by atoms with van der Waals surface area (Å²) in [5.74, 6) is -2.47. The first-order chi connectivity index (χ1) is 26.7. The van der Waals surface area contributed by atoms with Gasteiger partial charge in [-0.3, -0.25) is 24.1 Å². The van der Waals surface area contributed by atoms with Crippen molar-refractivity contribution in [3.63, 3.8) is 0 Å². The van der Waals surface area contributed by atoms with E-state index < -0.39 is 54.3 Å². The quantitative estimate of drug-likeness (QED) is 0.169. The molecule has 1 unspecified atom stereocenters. The zero-order valence-electron chi connectivity index (χ0n) is 37.6. The number of likely N-dealkylation sites (tertiary alicyclic amines) is 1. The van der Waals surface area contributed by atoms with Crippen LogP contribution in [0.2, 0.25) is 0 Å². The Kier molecular flexibility index (Phi) is 19.6. The van der Waals surface area contributed by atoms with E-state index in [1.807, 2.05) is 83.8 Å². The summed E-state index contributed by atoms with van der Waals surface area (Å²) in [7, 11) is 8.05. The summed E-state index contributed by atoms with van der Waals surface area (Å²) in [4.78, 5) is 74.5. The Balaban J connectivity index is 2.31. The lowest BCUT2D eigenvalue weighted by molar-refractivity contribution is -0.149. The summed E-state index contributed by atoms with van der Waals surface area (Å²) in [6.45, 7) is 20.3. The molecule has 0 aromatic heterocycles. The molecule has 0 aliphatic carbocycles. The lowest BCUT2D eigenvalue weighted by atomic mass is 9.89. The molecule has 0 saturated carbocycles. The topological polar surface area (TPSA) is 147 Å². The second-order valence-corrected chi connectivity index (χ2v) is 17.6. The highest BCUT2D eigenvalue weighted by molar-refractivity contribution is 5.90. The van der Waals surface area contributed by atoms with Gasteiger partial charge in [0.05, 0.1) is 49.8 Å². The van der Waals surface area contributed by atoms with E-state index in [0.717, 1.165) is 18.4 Å². The number of nitrogens with zero attached hydrogens (tertiary/aromatic N) is 3. The molecule has 1 aliphatic rings. The molecule has 324 valence electrons. The fourth-order valence-electron chi connectivity index (χ4n) is 8.11. The van der Waals surface area contributed by atoms with Crippen molar-refractivity contribution in [3.05, 3.63) is 35.9 Å². The Hall–Kier alpha value is -3.55. The lowest BCUT2D eigenvalue weighted by Crippen LogP contribution is -2.61. The van der Waals surface area contributed by atoms with Crippen molar-refractivity contribution in [1.29, 1.82) is 0 Å². The Morgan fingerprint density at radius 3 is 1.98 bits per heavy atom. The molecular weight excluding hydrogens is 727 g/mol. The monoisotopic (exact) mass is 802 g/mol. The highest BCUT2D eigenvalue weighted by atomic mass is 16.5. The van der Waals surface area contributed by atoms with Gasteiger partial charge in [0.25, 0.3) is 0 Å². The van der Waals surface area contributed by atoms with Gasteiger partial charge in [0.1, 0.15) is 12.1 Å². The molecule has 0 spiro atoms. The average molecular weight is 802 g/mol. The van der Waals surface area contributed by atoms with Crippen molar-refractivity contribution in [2.45, 2.75) is 149 Å². The first-order valence-corrected chi connectivity index (χ1v) is 20.7. The Labute approximate surface area is 343 Å². The van der Waals surface area contributed by atoms with Crippen LogP contribution in [0.1, 0.15) is 100 Å². The smallest absolute Gasteiger partial charge is 0.328 e. The summed E-state index contributed by atoms with van der Waals surface area (Å²) in [6.07, 6.45) is 1.05. The number of rotatable bonds is 21. The molecule has 9 atom stereocenters. The number of esters is 1. The molecule has 13 heteroatoms. The van der Waals surface area contributed by atoms with E-state index in [0.29, 0.717) is 13.0 Å². The number of benzene rings is 1. The van der Waals surface area contributed by atoms with Gasteiger partial charge in [-0.2, -0.15) is 0 Å². The molecule has 1 fully saturated rings. The van der Waals surface area contributed by atoms with Crippen LogP contribution >= 0.6 is 0 Å². The number of carbonyl (C=O) groups is 5. The van der Waals surface area contributed by atoms with E-state index in [1.54, 1.807) is 30.9 Å². The number of methoxy groups -OCH3 is 3. The number of likely N-dealkylation sites (N-methyl/N-ethyl adjacent to an activating group) is 2. The molecule has 0 bridgehead atoms. The van der Waals surface area contributed by atoms with Gasteiger partial charge in [-0.25, -0.2) is 4.79 Å². The summed E-state index contributed by atoms with van der Waals surface area (Å²) in [5, 5.41) is 5.97. The van der Waals surface area contributed by atoms with Crippen LogP contribution in [0, 0.1) is 23.7 Å². The summed E-state index contributed by atoms with van der Waals surface area (Å²) in [5.41, 5.74) is 0.610. The molecule has 2 rings (SSSR count). The van der Waals surface area contributed by atoms with E-state index >= 15 is 0 Å². The maximum Gasteiger partial charge on any atom is 0.328 e. The minimum Gasteiger partial charge on any atom is -0.467 e. The number of nitrogens with one attached hydrogen (secondary N) is 2. The Morgan fingerprint density at radius 1 is 0.877 bits per heavy atom. The maximum atomic E-state index is 14.4. The molecule has 1 saturated heterocycles. The summed E-state index contributed by atoms with van der Waals surface area (Å²) in [6, 6.07) is 6.39. The van der Waals surface area contributed by atoms with Gasteiger partial charge >= 0.3 is 5.97 Å². The molecule has 1 heterocycles.